The Kier molecular flexibility index (Phi) is 3.57. The highest BCUT2D eigenvalue weighted by atomic mass is 32.2. The lowest BCUT2D eigenvalue weighted by molar-refractivity contribution is -0.138. The number of fused-ring (bicyclic) bond motifs is 1. The van der Waals surface area contributed by atoms with Gasteiger partial charge < -0.3 is 10.0 Å². The molecule has 1 heterocycles. The maximum Gasteiger partial charge on any atom is 0.303 e. The molecule has 3 unspecified atom stereocenters. The number of carbonyl (C=O) groups is 1. The molecule has 1 saturated carbocycles. The first-order valence-corrected chi connectivity index (χ1v) is 6.75. The number of hydrogen-bond donors (Lipinski definition) is 1. The molecular formula is C11H19NO2S. The summed E-state index contributed by atoms with van der Waals surface area (Å²) in [5, 5.41) is 9.57. The highest BCUT2D eigenvalue weighted by Crippen LogP contribution is 2.38. The molecule has 0 amide bonds. The third kappa shape index (κ3) is 2.67. The second kappa shape index (κ2) is 4.74. The fourth-order valence-electron chi connectivity index (χ4n) is 2.81. The zero-order valence-electron chi connectivity index (χ0n) is 9.19. The van der Waals surface area contributed by atoms with Crippen molar-refractivity contribution in [1.82, 2.24) is 4.90 Å². The Morgan fingerprint density at radius 2 is 2.33 bits per heavy atom. The lowest BCUT2D eigenvalue weighted by Crippen LogP contribution is -2.48. The molecule has 2 rings (SSSR count). The number of thioether (sulfide) groups is 1. The number of nitrogens with zero attached hydrogens (tertiary/aromatic N) is 1. The summed E-state index contributed by atoms with van der Waals surface area (Å²) < 4.78 is 0. The van der Waals surface area contributed by atoms with E-state index in [1.54, 1.807) is 0 Å². The van der Waals surface area contributed by atoms with Gasteiger partial charge in [-0.1, -0.05) is 0 Å². The van der Waals surface area contributed by atoms with Gasteiger partial charge in [-0.3, -0.25) is 4.79 Å². The van der Waals surface area contributed by atoms with Crippen molar-refractivity contribution >= 4 is 17.7 Å². The molecule has 0 bridgehead atoms. The summed E-state index contributed by atoms with van der Waals surface area (Å²) in [7, 11) is 2.18. The molecule has 86 valence electrons. The minimum atomic E-state index is -0.635. The lowest BCUT2D eigenvalue weighted by atomic mass is 9.82. The molecule has 0 aromatic heterocycles. The third-order valence-corrected chi connectivity index (χ3v) is 5.07. The fourth-order valence-corrected chi connectivity index (χ4v) is 4.35. The first kappa shape index (κ1) is 11.3. The Hall–Kier alpha value is -0.220. The SMILES string of the molecule is CN1CCSC2CCC(CC(=O)O)CC21. The standard InChI is InChI=1S/C11H19NO2S/c1-12-4-5-15-10-3-2-8(6-9(10)12)7-11(13)14/h8-10H,2-7H2,1H3,(H,13,14). The van der Waals surface area contributed by atoms with E-state index in [-0.39, 0.29) is 0 Å². The molecule has 0 aromatic rings. The highest BCUT2D eigenvalue weighted by Gasteiger charge is 2.36. The van der Waals surface area contributed by atoms with E-state index in [0.717, 1.165) is 24.6 Å². The van der Waals surface area contributed by atoms with Gasteiger partial charge in [0, 0.05) is 30.0 Å². The van der Waals surface area contributed by atoms with E-state index in [9.17, 15) is 4.79 Å². The second-order valence-corrected chi connectivity index (χ2v) is 6.08. The van der Waals surface area contributed by atoms with Crippen LogP contribution < -0.4 is 0 Å². The molecular weight excluding hydrogens is 210 g/mol. The topological polar surface area (TPSA) is 40.5 Å². The first-order valence-electron chi connectivity index (χ1n) is 5.70. The van der Waals surface area contributed by atoms with E-state index in [4.69, 9.17) is 5.11 Å². The predicted molar refractivity (Wildman–Crippen MR) is 62.3 cm³/mol. The maximum atomic E-state index is 10.7. The first-order chi connectivity index (χ1) is 7.16. The number of rotatable bonds is 2. The van der Waals surface area contributed by atoms with Crippen molar-refractivity contribution < 1.29 is 9.90 Å². The average Bonchev–Trinajstić information content (AvgIpc) is 2.18. The van der Waals surface area contributed by atoms with Crippen LogP contribution in [0.2, 0.25) is 0 Å². The smallest absolute Gasteiger partial charge is 0.303 e. The Labute approximate surface area is 95.2 Å². The summed E-state index contributed by atoms with van der Waals surface area (Å²) in [5.74, 6) is 1.01. The van der Waals surface area contributed by atoms with Crippen LogP contribution in [0.3, 0.4) is 0 Å². The van der Waals surface area contributed by atoms with Crippen molar-refractivity contribution in [3.05, 3.63) is 0 Å². The van der Waals surface area contributed by atoms with E-state index >= 15 is 0 Å². The van der Waals surface area contributed by atoms with Crippen molar-refractivity contribution in [3.63, 3.8) is 0 Å². The van der Waals surface area contributed by atoms with Crippen molar-refractivity contribution in [2.24, 2.45) is 5.92 Å². The van der Waals surface area contributed by atoms with Crippen molar-refractivity contribution in [2.45, 2.75) is 37.0 Å². The number of hydrogen-bond acceptors (Lipinski definition) is 3. The molecule has 1 saturated heterocycles. The zero-order chi connectivity index (χ0) is 10.8. The molecule has 1 aliphatic carbocycles. The van der Waals surface area contributed by atoms with Crippen LogP contribution in [0.15, 0.2) is 0 Å². The number of carboxylic acids is 1. The summed E-state index contributed by atoms with van der Waals surface area (Å²) in [4.78, 5) is 13.1. The molecule has 0 aromatic carbocycles. The summed E-state index contributed by atoms with van der Waals surface area (Å²) >= 11 is 2.08. The Balaban J connectivity index is 1.93. The van der Waals surface area contributed by atoms with Crippen molar-refractivity contribution in [3.8, 4) is 0 Å². The molecule has 2 fully saturated rings. The lowest BCUT2D eigenvalue weighted by Gasteiger charge is -2.44. The van der Waals surface area contributed by atoms with Gasteiger partial charge in [0.1, 0.15) is 0 Å². The highest BCUT2D eigenvalue weighted by molar-refractivity contribution is 8.00. The van der Waals surface area contributed by atoms with Gasteiger partial charge in [0.05, 0.1) is 0 Å². The quantitative estimate of drug-likeness (QED) is 0.782. The van der Waals surface area contributed by atoms with Crippen LogP contribution in [0.5, 0.6) is 0 Å². The minimum Gasteiger partial charge on any atom is -0.481 e. The van der Waals surface area contributed by atoms with Gasteiger partial charge in [-0.05, 0) is 32.2 Å². The van der Waals surface area contributed by atoms with Crippen LogP contribution in [-0.2, 0) is 4.79 Å². The van der Waals surface area contributed by atoms with E-state index in [2.05, 4.69) is 23.7 Å². The average molecular weight is 229 g/mol. The van der Waals surface area contributed by atoms with Gasteiger partial charge in [0.2, 0.25) is 0 Å². The van der Waals surface area contributed by atoms with E-state index in [1.165, 1.54) is 12.2 Å². The summed E-state index contributed by atoms with van der Waals surface area (Å²) in [6.45, 7) is 1.16. The summed E-state index contributed by atoms with van der Waals surface area (Å²) in [5.41, 5.74) is 0. The van der Waals surface area contributed by atoms with Gasteiger partial charge in [0.15, 0.2) is 0 Å². The molecule has 1 aliphatic heterocycles. The predicted octanol–water partition coefficient (Wildman–Crippen LogP) is 1.68. The monoisotopic (exact) mass is 229 g/mol. The largest absolute Gasteiger partial charge is 0.481 e. The zero-order valence-corrected chi connectivity index (χ0v) is 10.0. The van der Waals surface area contributed by atoms with Crippen LogP contribution in [0, 0.1) is 5.92 Å². The summed E-state index contributed by atoms with van der Waals surface area (Å²) in [6.07, 6.45) is 3.76. The third-order valence-electron chi connectivity index (χ3n) is 3.67. The van der Waals surface area contributed by atoms with Crippen molar-refractivity contribution in [2.75, 3.05) is 19.3 Å². The molecule has 0 radical (unpaired) electrons. The molecule has 3 atom stereocenters. The van der Waals surface area contributed by atoms with Gasteiger partial charge in [-0.2, -0.15) is 11.8 Å². The molecule has 0 spiro atoms. The van der Waals surface area contributed by atoms with Crippen LogP contribution in [0.4, 0.5) is 0 Å². The van der Waals surface area contributed by atoms with E-state index in [1.807, 2.05) is 0 Å². The van der Waals surface area contributed by atoms with Crippen LogP contribution in [-0.4, -0.2) is 46.6 Å². The number of carboxylic acid groups (broad SMARTS) is 1. The fraction of sp³-hybridized carbons (Fsp3) is 0.909. The molecule has 1 N–H and O–H groups in total. The Morgan fingerprint density at radius 1 is 1.53 bits per heavy atom. The van der Waals surface area contributed by atoms with Gasteiger partial charge in [0.25, 0.3) is 0 Å². The molecule has 3 nitrogen and oxygen atoms in total. The molecule has 4 heteroatoms. The Morgan fingerprint density at radius 3 is 3.07 bits per heavy atom. The van der Waals surface area contributed by atoms with Gasteiger partial charge in [-0.25, -0.2) is 0 Å². The Bertz CT molecular complexity index is 247. The van der Waals surface area contributed by atoms with Crippen LogP contribution >= 0.6 is 11.8 Å². The summed E-state index contributed by atoms with van der Waals surface area (Å²) in [6, 6.07) is 0.627. The second-order valence-electron chi connectivity index (χ2n) is 4.73. The van der Waals surface area contributed by atoms with Crippen LogP contribution in [0.25, 0.3) is 0 Å². The number of aliphatic carboxylic acids is 1. The van der Waals surface area contributed by atoms with Gasteiger partial charge in [-0.15, -0.1) is 0 Å². The molecule has 15 heavy (non-hydrogen) atoms. The maximum absolute atomic E-state index is 10.7. The van der Waals surface area contributed by atoms with Gasteiger partial charge >= 0.3 is 5.97 Å². The van der Waals surface area contributed by atoms with E-state index < -0.39 is 5.97 Å². The molecule has 2 aliphatic rings. The van der Waals surface area contributed by atoms with Crippen molar-refractivity contribution in [1.29, 1.82) is 0 Å². The van der Waals surface area contributed by atoms with E-state index in [0.29, 0.717) is 18.4 Å². The normalized spacial score (nSPS) is 37.3. The van der Waals surface area contributed by atoms with Crippen LogP contribution in [0.1, 0.15) is 25.7 Å². The minimum absolute atomic E-state index is 0.363.